The van der Waals surface area contributed by atoms with Gasteiger partial charge in [0.1, 0.15) is 0 Å². The van der Waals surface area contributed by atoms with Crippen LogP contribution >= 0.6 is 0 Å². The predicted molar refractivity (Wildman–Crippen MR) is 89.1 cm³/mol. The topological polar surface area (TPSA) is 66.4 Å². The number of nitrogens with zero attached hydrogens (tertiary/aromatic N) is 1. The maximum Gasteiger partial charge on any atom is 0.310 e. The molecule has 1 aromatic carbocycles. The molecule has 0 aromatic heterocycles. The minimum atomic E-state index is -1.08. The zero-order valence-electron chi connectivity index (χ0n) is 15.0. The molecule has 0 saturated carbocycles. The van der Waals surface area contributed by atoms with Gasteiger partial charge in [0.15, 0.2) is 0 Å². The lowest BCUT2D eigenvalue weighted by molar-refractivity contribution is -0.925. The maximum atomic E-state index is 12.4. The molecule has 1 aliphatic rings. The van der Waals surface area contributed by atoms with Gasteiger partial charge in [0.05, 0.1) is 31.2 Å². The highest BCUT2D eigenvalue weighted by atomic mass is 16.5. The Hall–Kier alpha value is -1.88. The van der Waals surface area contributed by atoms with Crippen molar-refractivity contribution in [3.63, 3.8) is 0 Å². The first-order valence-electron chi connectivity index (χ1n) is 8.53. The Morgan fingerprint density at radius 3 is 2.38 bits per heavy atom. The van der Waals surface area contributed by atoms with E-state index in [0.717, 1.165) is 5.56 Å². The van der Waals surface area contributed by atoms with Crippen molar-refractivity contribution >= 4 is 12.1 Å². The lowest BCUT2D eigenvalue weighted by Crippen LogP contribution is -2.71. The van der Waals surface area contributed by atoms with Crippen LogP contribution in [0.2, 0.25) is 0 Å². The summed E-state index contributed by atoms with van der Waals surface area (Å²) in [7, 11) is 0. The summed E-state index contributed by atoms with van der Waals surface area (Å²) in [6.07, 6.45) is -0.602. The molecular formula is C19H27NO4. The first-order valence-corrected chi connectivity index (χ1v) is 8.53. The first kappa shape index (κ1) is 18.5. The molecule has 1 aromatic rings. The normalized spacial score (nSPS) is 27.5. The van der Waals surface area contributed by atoms with Crippen molar-refractivity contribution in [1.29, 1.82) is 0 Å². The van der Waals surface area contributed by atoms with E-state index < -0.39 is 11.6 Å². The molecule has 1 heterocycles. The fourth-order valence-corrected chi connectivity index (χ4v) is 3.73. The summed E-state index contributed by atoms with van der Waals surface area (Å²) >= 11 is 0. The Morgan fingerprint density at radius 2 is 1.88 bits per heavy atom. The molecule has 5 heteroatoms. The molecule has 132 valence electrons. The molecule has 1 aliphatic heterocycles. The van der Waals surface area contributed by atoms with Gasteiger partial charge in [-0.3, -0.25) is 9.28 Å². The van der Waals surface area contributed by atoms with E-state index in [1.165, 1.54) is 0 Å². The average Bonchev–Trinajstić information content (AvgIpc) is 2.54. The highest BCUT2D eigenvalue weighted by Gasteiger charge is 2.51. The van der Waals surface area contributed by atoms with Crippen LogP contribution in [0.1, 0.15) is 45.6 Å². The summed E-state index contributed by atoms with van der Waals surface area (Å²) in [6.45, 7) is 8.56. The number of likely N-dealkylation sites (tertiary alicyclic amines) is 1. The van der Waals surface area contributed by atoms with Crippen LogP contribution in [0, 0.1) is 5.92 Å². The lowest BCUT2D eigenvalue weighted by Gasteiger charge is -2.53. The Morgan fingerprint density at radius 1 is 1.25 bits per heavy atom. The third kappa shape index (κ3) is 3.31. The van der Waals surface area contributed by atoms with Crippen molar-refractivity contribution in [2.24, 2.45) is 5.92 Å². The Kier molecular flexibility index (Phi) is 5.33. The van der Waals surface area contributed by atoms with E-state index in [1.54, 1.807) is 6.92 Å². The van der Waals surface area contributed by atoms with Gasteiger partial charge in [0.25, 0.3) is 6.09 Å². The number of benzene rings is 1. The maximum absolute atomic E-state index is 12.4. The van der Waals surface area contributed by atoms with E-state index in [1.807, 2.05) is 51.1 Å². The van der Waals surface area contributed by atoms with Gasteiger partial charge >= 0.3 is 5.97 Å². The summed E-state index contributed by atoms with van der Waals surface area (Å²) in [5.74, 6) is -0.757. The summed E-state index contributed by atoms with van der Waals surface area (Å²) in [4.78, 5) is 24.5. The van der Waals surface area contributed by atoms with Crippen molar-refractivity contribution < 1.29 is 23.9 Å². The standard InChI is InChI=1S/C19H27NO4/c1-5-24-17(21)15-11-12-20(18(22)23,19(2,3)4)13-16(15)14-9-7-6-8-10-14/h6-10,15-16H,5,11-13H2,1-4H3/t15-,16-,20?/m0/s1. The molecule has 0 aliphatic carbocycles. The largest absolute Gasteiger partial charge is 0.498 e. The molecule has 0 N–H and O–H groups in total. The van der Waals surface area contributed by atoms with Crippen LogP contribution < -0.4 is 5.11 Å². The van der Waals surface area contributed by atoms with Crippen LogP contribution in [0.4, 0.5) is 4.79 Å². The van der Waals surface area contributed by atoms with Gasteiger partial charge in [-0.05, 0) is 33.3 Å². The van der Waals surface area contributed by atoms with Gasteiger partial charge in [-0.1, -0.05) is 30.3 Å². The number of ether oxygens (including phenoxy) is 1. The van der Waals surface area contributed by atoms with E-state index in [-0.39, 0.29) is 22.3 Å². The van der Waals surface area contributed by atoms with Crippen molar-refractivity contribution in [2.45, 2.75) is 45.6 Å². The number of piperidine rings is 1. The SMILES string of the molecule is CCOC(=O)[C@H]1CC[N+](C(=O)[O-])(C(C)(C)C)C[C@H]1c1ccccc1. The van der Waals surface area contributed by atoms with Gasteiger partial charge in [0, 0.05) is 12.3 Å². The molecule has 1 saturated heterocycles. The van der Waals surface area contributed by atoms with E-state index in [0.29, 0.717) is 26.1 Å². The third-order valence-electron chi connectivity index (χ3n) is 5.27. The van der Waals surface area contributed by atoms with Crippen LogP contribution in [0.5, 0.6) is 0 Å². The average molecular weight is 333 g/mol. The smallest absolute Gasteiger partial charge is 0.310 e. The van der Waals surface area contributed by atoms with Crippen molar-refractivity contribution in [2.75, 3.05) is 19.7 Å². The van der Waals surface area contributed by atoms with Crippen LogP contribution in [-0.4, -0.2) is 41.8 Å². The second-order valence-corrected chi connectivity index (χ2v) is 7.48. The fourth-order valence-electron chi connectivity index (χ4n) is 3.73. The van der Waals surface area contributed by atoms with E-state index in [4.69, 9.17) is 4.74 Å². The number of hydrogen-bond acceptors (Lipinski definition) is 4. The Bertz CT molecular complexity index is 593. The number of esters is 1. The second-order valence-electron chi connectivity index (χ2n) is 7.48. The van der Waals surface area contributed by atoms with Crippen molar-refractivity contribution in [3.05, 3.63) is 35.9 Å². The monoisotopic (exact) mass is 333 g/mol. The van der Waals surface area contributed by atoms with Crippen LogP contribution in [-0.2, 0) is 9.53 Å². The molecule has 0 bridgehead atoms. The molecule has 24 heavy (non-hydrogen) atoms. The Labute approximate surface area is 143 Å². The number of hydrogen-bond donors (Lipinski definition) is 0. The molecule has 1 fully saturated rings. The quantitative estimate of drug-likeness (QED) is 0.629. The number of amides is 1. The third-order valence-corrected chi connectivity index (χ3v) is 5.27. The molecule has 1 unspecified atom stereocenters. The van der Waals surface area contributed by atoms with Gasteiger partial charge in [0.2, 0.25) is 0 Å². The minimum absolute atomic E-state index is 0.150. The van der Waals surface area contributed by atoms with Crippen LogP contribution in [0.25, 0.3) is 0 Å². The molecule has 0 spiro atoms. The predicted octanol–water partition coefficient (Wildman–Crippen LogP) is 2.31. The van der Waals surface area contributed by atoms with Crippen molar-refractivity contribution in [3.8, 4) is 0 Å². The van der Waals surface area contributed by atoms with E-state index in [9.17, 15) is 14.7 Å². The van der Waals surface area contributed by atoms with E-state index >= 15 is 0 Å². The zero-order valence-corrected chi connectivity index (χ0v) is 15.0. The highest BCUT2D eigenvalue weighted by molar-refractivity contribution is 5.74. The lowest BCUT2D eigenvalue weighted by atomic mass is 9.77. The summed E-state index contributed by atoms with van der Waals surface area (Å²) in [5, 5.41) is 12.0. The van der Waals surface area contributed by atoms with Crippen LogP contribution in [0.15, 0.2) is 30.3 Å². The molecular weight excluding hydrogens is 306 g/mol. The summed E-state index contributed by atoms with van der Waals surface area (Å²) in [5.41, 5.74) is 0.467. The molecule has 1 amide bonds. The number of carbonyl (C=O) groups is 2. The highest BCUT2D eigenvalue weighted by Crippen LogP contribution is 2.40. The number of carboxylic acid groups (broad SMARTS) is 1. The fraction of sp³-hybridized carbons (Fsp3) is 0.579. The molecule has 5 nitrogen and oxygen atoms in total. The minimum Gasteiger partial charge on any atom is -0.498 e. The molecule has 0 radical (unpaired) electrons. The zero-order chi connectivity index (χ0) is 18.0. The van der Waals surface area contributed by atoms with Gasteiger partial charge in [-0.25, -0.2) is 0 Å². The van der Waals surface area contributed by atoms with Gasteiger partial charge in [-0.2, -0.15) is 0 Å². The summed E-state index contributed by atoms with van der Waals surface area (Å²) in [6, 6.07) is 9.65. The second kappa shape index (κ2) is 6.93. The van der Waals surface area contributed by atoms with Crippen molar-refractivity contribution in [1.82, 2.24) is 0 Å². The van der Waals surface area contributed by atoms with Crippen LogP contribution in [0.3, 0.4) is 0 Å². The Balaban J connectivity index is 2.44. The molecule has 2 rings (SSSR count). The summed E-state index contributed by atoms with van der Waals surface area (Å²) < 4.78 is 5.09. The number of rotatable bonds is 3. The van der Waals surface area contributed by atoms with Gasteiger partial charge in [-0.15, -0.1) is 0 Å². The first-order chi connectivity index (χ1) is 11.2. The number of carbonyl (C=O) groups excluding carboxylic acids is 2. The van der Waals surface area contributed by atoms with E-state index in [2.05, 4.69) is 0 Å². The van der Waals surface area contributed by atoms with Gasteiger partial charge < -0.3 is 14.6 Å². The molecule has 3 atom stereocenters. The number of quaternary nitrogens is 1.